The van der Waals surface area contributed by atoms with Gasteiger partial charge < -0.3 is 9.52 Å². The second kappa shape index (κ2) is 6.96. The van der Waals surface area contributed by atoms with Gasteiger partial charge in [0.15, 0.2) is 5.58 Å². The summed E-state index contributed by atoms with van der Waals surface area (Å²) in [6, 6.07) is 17.4. The molecule has 0 spiro atoms. The first-order valence-corrected chi connectivity index (χ1v) is 8.49. The van der Waals surface area contributed by atoms with E-state index < -0.39 is 4.92 Å². The van der Waals surface area contributed by atoms with Crippen LogP contribution in [0.2, 0.25) is 0 Å². The molecule has 0 amide bonds. The van der Waals surface area contributed by atoms with Crippen molar-refractivity contribution in [3.63, 3.8) is 0 Å². The lowest BCUT2D eigenvalue weighted by atomic mass is 10.1. The van der Waals surface area contributed by atoms with Crippen LogP contribution >= 0.6 is 0 Å². The summed E-state index contributed by atoms with van der Waals surface area (Å²) in [6.45, 7) is 1.61. The maximum atomic E-state index is 11.0. The molecule has 0 saturated carbocycles. The summed E-state index contributed by atoms with van der Waals surface area (Å²) >= 11 is 0. The normalized spacial score (nSPS) is 11.3. The van der Waals surface area contributed by atoms with E-state index in [9.17, 15) is 15.2 Å². The molecule has 28 heavy (non-hydrogen) atoms. The molecule has 7 heteroatoms. The van der Waals surface area contributed by atoms with E-state index >= 15 is 0 Å². The predicted octanol–water partition coefficient (Wildman–Crippen LogP) is 5.17. The number of nitro benzene ring substituents is 1. The van der Waals surface area contributed by atoms with Crippen LogP contribution in [0.5, 0.6) is 5.75 Å². The molecule has 0 aliphatic heterocycles. The Balaban J connectivity index is 1.60. The van der Waals surface area contributed by atoms with Gasteiger partial charge in [0.05, 0.1) is 10.6 Å². The molecule has 3 aromatic carbocycles. The van der Waals surface area contributed by atoms with Crippen LogP contribution in [0.1, 0.15) is 11.1 Å². The minimum Gasteiger partial charge on any atom is -0.507 e. The van der Waals surface area contributed by atoms with E-state index in [4.69, 9.17) is 4.42 Å². The number of hydrogen-bond acceptors (Lipinski definition) is 6. The molecule has 0 fully saturated rings. The van der Waals surface area contributed by atoms with Gasteiger partial charge in [-0.3, -0.25) is 15.1 Å². The predicted molar refractivity (Wildman–Crippen MR) is 106 cm³/mol. The summed E-state index contributed by atoms with van der Waals surface area (Å²) in [7, 11) is 0. The Morgan fingerprint density at radius 3 is 2.61 bits per heavy atom. The lowest BCUT2D eigenvalue weighted by Gasteiger charge is -2.03. The molecule has 4 aromatic rings. The van der Waals surface area contributed by atoms with Crippen LogP contribution in [-0.4, -0.2) is 21.2 Å². The van der Waals surface area contributed by atoms with Crippen molar-refractivity contribution in [2.24, 2.45) is 4.99 Å². The Morgan fingerprint density at radius 1 is 1.14 bits per heavy atom. The number of aromatic nitrogens is 1. The smallest absolute Gasteiger partial charge is 0.270 e. The van der Waals surface area contributed by atoms with Gasteiger partial charge in [0.25, 0.3) is 5.69 Å². The van der Waals surface area contributed by atoms with Crippen molar-refractivity contribution >= 4 is 28.7 Å². The van der Waals surface area contributed by atoms with E-state index in [0.29, 0.717) is 17.1 Å². The number of para-hydroxylation sites is 2. The first-order valence-electron chi connectivity index (χ1n) is 8.49. The van der Waals surface area contributed by atoms with Gasteiger partial charge in [-0.25, -0.2) is 4.98 Å². The number of rotatable bonds is 4. The molecule has 0 atom stereocenters. The summed E-state index contributed by atoms with van der Waals surface area (Å²) in [6.07, 6.45) is 1.41. The van der Waals surface area contributed by atoms with Gasteiger partial charge in [-0.1, -0.05) is 12.1 Å². The van der Waals surface area contributed by atoms with Crippen molar-refractivity contribution in [1.29, 1.82) is 0 Å². The third-order valence-corrected chi connectivity index (χ3v) is 4.29. The maximum Gasteiger partial charge on any atom is 0.270 e. The summed E-state index contributed by atoms with van der Waals surface area (Å²) in [5.74, 6) is 0.487. The van der Waals surface area contributed by atoms with Gasteiger partial charge in [0.1, 0.15) is 11.3 Å². The Morgan fingerprint density at radius 2 is 1.89 bits per heavy atom. The van der Waals surface area contributed by atoms with Gasteiger partial charge >= 0.3 is 0 Å². The SMILES string of the molecule is Cc1cc([N+](=O)[O-])cc(C=Nc2ccc(-c3nc4ccccc4o3)cc2)c1O. The van der Waals surface area contributed by atoms with E-state index in [1.54, 1.807) is 19.1 Å². The van der Waals surface area contributed by atoms with Crippen molar-refractivity contribution < 1.29 is 14.4 Å². The third-order valence-electron chi connectivity index (χ3n) is 4.29. The number of aliphatic imine (C=N–C) groups is 1. The van der Waals surface area contributed by atoms with E-state index in [1.165, 1.54) is 18.3 Å². The molecule has 1 aromatic heterocycles. The average Bonchev–Trinajstić information content (AvgIpc) is 3.13. The van der Waals surface area contributed by atoms with Crippen LogP contribution in [0.3, 0.4) is 0 Å². The molecule has 0 radical (unpaired) electrons. The van der Waals surface area contributed by atoms with Gasteiger partial charge in [-0.15, -0.1) is 0 Å². The quantitative estimate of drug-likeness (QED) is 0.302. The maximum absolute atomic E-state index is 11.0. The molecule has 138 valence electrons. The van der Waals surface area contributed by atoms with Crippen molar-refractivity contribution in [3.05, 3.63) is 81.9 Å². The molecular weight excluding hydrogens is 358 g/mol. The number of oxazole rings is 1. The number of aryl methyl sites for hydroxylation is 1. The van der Waals surface area contributed by atoms with Crippen molar-refractivity contribution in [2.75, 3.05) is 0 Å². The van der Waals surface area contributed by atoms with Gasteiger partial charge in [-0.05, 0) is 48.9 Å². The highest BCUT2D eigenvalue weighted by Crippen LogP contribution is 2.28. The second-order valence-electron chi connectivity index (χ2n) is 6.25. The number of nitro groups is 1. The number of fused-ring (bicyclic) bond motifs is 1. The zero-order chi connectivity index (χ0) is 19.7. The molecular formula is C21H15N3O4. The van der Waals surface area contributed by atoms with Gasteiger partial charge in [0, 0.05) is 29.5 Å². The fourth-order valence-corrected chi connectivity index (χ4v) is 2.82. The summed E-state index contributed by atoms with van der Waals surface area (Å²) in [5, 5.41) is 21.1. The lowest BCUT2D eigenvalue weighted by Crippen LogP contribution is -1.93. The number of hydrogen-bond donors (Lipinski definition) is 1. The number of aromatic hydroxyl groups is 1. The highest BCUT2D eigenvalue weighted by atomic mass is 16.6. The lowest BCUT2D eigenvalue weighted by molar-refractivity contribution is -0.384. The van der Waals surface area contributed by atoms with Crippen molar-refractivity contribution in [1.82, 2.24) is 4.98 Å². The average molecular weight is 373 g/mol. The van der Waals surface area contributed by atoms with E-state index in [-0.39, 0.29) is 17.0 Å². The molecule has 0 aliphatic rings. The molecule has 4 rings (SSSR count). The summed E-state index contributed by atoms with van der Waals surface area (Å²) in [4.78, 5) is 19.2. The van der Waals surface area contributed by atoms with Crippen molar-refractivity contribution in [3.8, 4) is 17.2 Å². The first-order chi connectivity index (χ1) is 13.5. The molecule has 1 N–H and O–H groups in total. The Labute approximate surface area is 159 Å². The number of non-ortho nitro benzene ring substituents is 1. The van der Waals surface area contributed by atoms with Crippen molar-refractivity contribution in [2.45, 2.75) is 6.92 Å². The molecule has 0 aliphatic carbocycles. The van der Waals surface area contributed by atoms with E-state index in [2.05, 4.69) is 9.98 Å². The molecule has 7 nitrogen and oxygen atoms in total. The number of phenols is 1. The van der Waals surface area contributed by atoms with Gasteiger partial charge in [-0.2, -0.15) is 0 Å². The zero-order valence-corrected chi connectivity index (χ0v) is 14.9. The van der Waals surface area contributed by atoms with E-state index in [1.807, 2.05) is 36.4 Å². The number of benzene rings is 3. The zero-order valence-electron chi connectivity index (χ0n) is 14.9. The van der Waals surface area contributed by atoms with Crippen LogP contribution in [0.25, 0.3) is 22.6 Å². The molecule has 0 saturated heterocycles. The third kappa shape index (κ3) is 3.33. The second-order valence-corrected chi connectivity index (χ2v) is 6.25. The molecule has 0 bridgehead atoms. The molecule has 0 unspecified atom stereocenters. The molecule has 1 heterocycles. The highest BCUT2D eigenvalue weighted by Gasteiger charge is 2.12. The Hall–Kier alpha value is -4.00. The topological polar surface area (TPSA) is 102 Å². The largest absolute Gasteiger partial charge is 0.507 e. The number of nitrogens with zero attached hydrogens (tertiary/aromatic N) is 3. The minimum atomic E-state index is -0.501. The minimum absolute atomic E-state index is 0.0301. The summed E-state index contributed by atoms with van der Waals surface area (Å²) in [5.41, 5.74) is 3.56. The Bertz CT molecular complexity index is 1180. The Kier molecular flexibility index (Phi) is 4.33. The fraction of sp³-hybridized carbons (Fsp3) is 0.0476. The van der Waals surface area contributed by atoms with Crippen LogP contribution in [0, 0.1) is 17.0 Å². The number of phenolic OH excluding ortho intramolecular Hbond substituents is 1. The van der Waals surface area contributed by atoms with Gasteiger partial charge in [0.2, 0.25) is 5.89 Å². The van der Waals surface area contributed by atoms with E-state index in [0.717, 1.165) is 16.7 Å². The first kappa shape index (κ1) is 17.4. The monoisotopic (exact) mass is 373 g/mol. The van der Waals surface area contributed by atoms with Crippen LogP contribution < -0.4 is 0 Å². The highest BCUT2D eigenvalue weighted by molar-refractivity contribution is 5.87. The van der Waals surface area contributed by atoms with Crippen LogP contribution in [0.4, 0.5) is 11.4 Å². The standard InChI is InChI=1S/C21H15N3O4/c1-13-10-17(24(26)27)11-15(20(13)25)12-22-16-8-6-14(7-9-16)21-23-18-4-2-3-5-19(18)28-21/h2-12,25H,1H3. The van der Waals surface area contributed by atoms with Crippen LogP contribution in [-0.2, 0) is 0 Å². The van der Waals surface area contributed by atoms with Crippen LogP contribution in [0.15, 0.2) is 70.1 Å². The fourth-order valence-electron chi connectivity index (χ4n) is 2.82. The summed E-state index contributed by atoms with van der Waals surface area (Å²) < 4.78 is 5.74.